The van der Waals surface area contributed by atoms with Crippen LogP contribution >= 0.6 is 0 Å². The fourth-order valence-corrected chi connectivity index (χ4v) is 1.09. The molecule has 0 N–H and O–H groups in total. The van der Waals surface area contributed by atoms with Crippen LogP contribution in [0.1, 0.15) is 11.1 Å². The van der Waals surface area contributed by atoms with Gasteiger partial charge in [0.2, 0.25) is 6.08 Å². The molecule has 1 aromatic carbocycles. The summed E-state index contributed by atoms with van der Waals surface area (Å²) in [6.07, 6.45) is -8.91. The first-order chi connectivity index (χ1) is 7.66. The van der Waals surface area contributed by atoms with E-state index in [1.807, 2.05) is 0 Å². The van der Waals surface area contributed by atoms with E-state index in [2.05, 4.69) is 4.99 Å². The van der Waals surface area contributed by atoms with Crippen LogP contribution in [-0.2, 0) is 17.1 Å². The van der Waals surface area contributed by atoms with Crippen LogP contribution in [0.5, 0.6) is 0 Å². The van der Waals surface area contributed by atoms with Crippen LogP contribution in [0.15, 0.2) is 23.2 Å². The van der Waals surface area contributed by atoms with E-state index in [-0.39, 0.29) is 18.2 Å². The van der Waals surface area contributed by atoms with Gasteiger partial charge in [-0.05, 0) is 18.2 Å². The lowest BCUT2D eigenvalue weighted by atomic mass is 10.1. The zero-order valence-corrected chi connectivity index (χ0v) is 7.86. The van der Waals surface area contributed by atoms with Crippen molar-refractivity contribution in [2.45, 2.75) is 12.4 Å². The summed E-state index contributed by atoms with van der Waals surface area (Å²) in [5.41, 5.74) is -3.85. The highest BCUT2D eigenvalue weighted by Crippen LogP contribution is 2.39. The predicted molar refractivity (Wildman–Crippen MR) is 44.2 cm³/mol. The summed E-state index contributed by atoms with van der Waals surface area (Å²) in [6, 6.07) is 0.638. The van der Waals surface area contributed by atoms with E-state index >= 15 is 0 Å². The smallest absolute Gasteiger partial charge is 0.211 e. The highest BCUT2D eigenvalue weighted by atomic mass is 19.4. The van der Waals surface area contributed by atoms with Gasteiger partial charge in [0, 0.05) is 0 Å². The van der Waals surface area contributed by atoms with Crippen molar-refractivity contribution in [2.24, 2.45) is 4.99 Å². The molecule has 0 spiro atoms. The zero-order chi connectivity index (χ0) is 13.3. The monoisotopic (exact) mass is 255 g/mol. The van der Waals surface area contributed by atoms with Gasteiger partial charge in [-0.25, -0.2) is 4.79 Å². The van der Waals surface area contributed by atoms with Crippen LogP contribution < -0.4 is 0 Å². The Bertz CT molecular complexity index is 469. The zero-order valence-electron chi connectivity index (χ0n) is 7.86. The normalized spacial score (nSPS) is 12.1. The lowest BCUT2D eigenvalue weighted by Crippen LogP contribution is -2.09. The molecule has 0 saturated carbocycles. The fourth-order valence-electron chi connectivity index (χ4n) is 1.09. The molecule has 1 rings (SSSR count). The van der Waals surface area contributed by atoms with Gasteiger partial charge in [-0.15, -0.1) is 0 Å². The van der Waals surface area contributed by atoms with Crippen LogP contribution in [-0.4, -0.2) is 6.08 Å². The number of benzene rings is 1. The Hall–Kier alpha value is -1.82. The van der Waals surface area contributed by atoms with Crippen LogP contribution in [0.4, 0.5) is 32.0 Å². The standard InChI is InChI=1S/C9H3F6NO/c10-8(11,12)5-1-2-6(9(13,14)15)7(3-5)16-4-17/h1-3H. The van der Waals surface area contributed by atoms with Crippen molar-refractivity contribution in [3.8, 4) is 0 Å². The summed E-state index contributed by atoms with van der Waals surface area (Å²) in [5.74, 6) is 0. The van der Waals surface area contributed by atoms with Gasteiger partial charge in [-0.3, -0.25) is 0 Å². The van der Waals surface area contributed by atoms with Crippen LogP contribution in [0.2, 0.25) is 0 Å². The molecule has 0 aliphatic heterocycles. The molecule has 17 heavy (non-hydrogen) atoms. The third-order valence-electron chi connectivity index (χ3n) is 1.80. The highest BCUT2D eigenvalue weighted by molar-refractivity contribution is 5.56. The molecule has 0 saturated heterocycles. The van der Waals surface area contributed by atoms with Crippen molar-refractivity contribution >= 4 is 11.8 Å². The van der Waals surface area contributed by atoms with Gasteiger partial charge in [0.1, 0.15) is 0 Å². The minimum atomic E-state index is -4.89. The van der Waals surface area contributed by atoms with Gasteiger partial charge < -0.3 is 0 Å². The van der Waals surface area contributed by atoms with Crippen molar-refractivity contribution in [2.75, 3.05) is 0 Å². The first kappa shape index (κ1) is 13.2. The SMILES string of the molecule is O=C=Nc1cc(C(F)(F)F)ccc1C(F)(F)F. The first-order valence-corrected chi connectivity index (χ1v) is 4.02. The third kappa shape index (κ3) is 3.07. The number of hydrogen-bond donors (Lipinski definition) is 0. The summed E-state index contributed by atoms with van der Waals surface area (Å²) in [4.78, 5) is 12.5. The van der Waals surface area contributed by atoms with E-state index in [9.17, 15) is 31.1 Å². The Morgan fingerprint density at radius 2 is 1.59 bits per heavy atom. The Kier molecular flexibility index (Phi) is 3.28. The second kappa shape index (κ2) is 4.21. The predicted octanol–water partition coefficient (Wildman–Crippen LogP) is 3.69. The maximum absolute atomic E-state index is 12.3. The van der Waals surface area contributed by atoms with Gasteiger partial charge in [-0.2, -0.15) is 31.3 Å². The van der Waals surface area contributed by atoms with Crippen LogP contribution in [0, 0.1) is 0 Å². The molecular formula is C9H3F6NO. The molecular weight excluding hydrogens is 252 g/mol. The molecule has 0 fully saturated rings. The van der Waals surface area contributed by atoms with Gasteiger partial charge >= 0.3 is 12.4 Å². The van der Waals surface area contributed by atoms with E-state index in [0.29, 0.717) is 0 Å². The molecule has 0 aromatic heterocycles. The van der Waals surface area contributed by atoms with Crippen molar-refractivity contribution in [1.29, 1.82) is 0 Å². The average Bonchev–Trinajstić information content (AvgIpc) is 2.15. The number of carbonyl (C=O) groups excluding carboxylic acids is 1. The molecule has 8 heteroatoms. The maximum Gasteiger partial charge on any atom is 0.418 e. The van der Waals surface area contributed by atoms with Gasteiger partial charge in [0.25, 0.3) is 0 Å². The number of aliphatic imine (C=N–C) groups is 1. The van der Waals surface area contributed by atoms with Crippen molar-refractivity contribution in [3.63, 3.8) is 0 Å². The highest BCUT2D eigenvalue weighted by Gasteiger charge is 2.37. The lowest BCUT2D eigenvalue weighted by Gasteiger charge is -2.12. The summed E-state index contributed by atoms with van der Waals surface area (Å²) in [7, 11) is 0. The van der Waals surface area contributed by atoms with E-state index in [1.165, 1.54) is 0 Å². The number of isocyanates is 1. The second-order valence-corrected chi connectivity index (χ2v) is 2.93. The minimum Gasteiger partial charge on any atom is -0.211 e. The fraction of sp³-hybridized carbons (Fsp3) is 0.222. The maximum atomic E-state index is 12.3. The van der Waals surface area contributed by atoms with Gasteiger partial charge in [-0.1, -0.05) is 0 Å². The topological polar surface area (TPSA) is 29.4 Å². The summed E-state index contributed by atoms with van der Waals surface area (Å²) in [5, 5.41) is 0. The third-order valence-corrected chi connectivity index (χ3v) is 1.80. The second-order valence-electron chi connectivity index (χ2n) is 2.93. The number of alkyl halides is 6. The molecule has 0 aliphatic rings. The minimum absolute atomic E-state index is 0.147. The van der Waals surface area contributed by atoms with Gasteiger partial charge in [0.05, 0.1) is 16.8 Å². The number of nitrogens with zero attached hydrogens (tertiary/aromatic N) is 1. The van der Waals surface area contributed by atoms with E-state index in [0.717, 1.165) is 6.08 Å². The molecule has 1 aromatic rings. The number of hydrogen-bond acceptors (Lipinski definition) is 2. The molecule has 0 aliphatic carbocycles. The molecule has 0 amide bonds. The molecule has 0 atom stereocenters. The Balaban J connectivity index is 3.43. The summed E-state index contributed by atoms with van der Waals surface area (Å²) < 4.78 is 73.6. The van der Waals surface area contributed by atoms with E-state index in [4.69, 9.17) is 0 Å². The van der Waals surface area contributed by atoms with Crippen LogP contribution in [0.3, 0.4) is 0 Å². The Morgan fingerprint density at radius 1 is 1.00 bits per heavy atom. The average molecular weight is 255 g/mol. The lowest BCUT2D eigenvalue weighted by molar-refractivity contribution is -0.140. The van der Waals surface area contributed by atoms with E-state index < -0.39 is 29.2 Å². The molecule has 0 radical (unpaired) electrons. The molecule has 0 bridgehead atoms. The molecule has 0 heterocycles. The number of rotatable bonds is 1. The Labute approximate surface area is 90.6 Å². The van der Waals surface area contributed by atoms with E-state index in [1.54, 1.807) is 0 Å². The largest absolute Gasteiger partial charge is 0.418 e. The van der Waals surface area contributed by atoms with Crippen LogP contribution in [0.25, 0.3) is 0 Å². The summed E-state index contributed by atoms with van der Waals surface area (Å²) >= 11 is 0. The molecule has 0 unspecified atom stereocenters. The van der Waals surface area contributed by atoms with Crippen molar-refractivity contribution < 1.29 is 31.1 Å². The van der Waals surface area contributed by atoms with Gasteiger partial charge in [0.15, 0.2) is 0 Å². The molecule has 92 valence electrons. The van der Waals surface area contributed by atoms with Crippen molar-refractivity contribution in [3.05, 3.63) is 29.3 Å². The molecule has 2 nitrogen and oxygen atoms in total. The quantitative estimate of drug-likeness (QED) is 0.427. The van der Waals surface area contributed by atoms with Crippen molar-refractivity contribution in [1.82, 2.24) is 0 Å². The first-order valence-electron chi connectivity index (χ1n) is 4.02. The Morgan fingerprint density at radius 3 is 2.00 bits per heavy atom. The number of halogens is 6. The summed E-state index contributed by atoms with van der Waals surface area (Å²) in [6.45, 7) is 0.